The Morgan fingerprint density at radius 2 is 1.70 bits per heavy atom. The number of rotatable bonds is 12. The van der Waals surface area contributed by atoms with Gasteiger partial charge in [0, 0.05) is 17.8 Å². The number of carboxylic acids is 1. The molecule has 0 spiro atoms. The summed E-state index contributed by atoms with van der Waals surface area (Å²) in [6.07, 6.45) is 0.473. The number of hydrogen-bond donors (Lipinski definition) is 2. The summed E-state index contributed by atoms with van der Waals surface area (Å²) in [7, 11) is 0. The van der Waals surface area contributed by atoms with Gasteiger partial charge in [-0.25, -0.2) is 13.5 Å². The van der Waals surface area contributed by atoms with Crippen LogP contribution < -0.4 is 15.6 Å². The Morgan fingerprint density at radius 3 is 2.28 bits per heavy atom. The topological polar surface area (TPSA) is 128 Å². The van der Waals surface area contributed by atoms with Crippen molar-refractivity contribution in [3.05, 3.63) is 92.9 Å². The monoisotopic (exact) mass is 605 g/mol. The van der Waals surface area contributed by atoms with Crippen molar-refractivity contribution in [1.82, 2.24) is 15.1 Å². The van der Waals surface area contributed by atoms with Gasteiger partial charge in [0.15, 0.2) is 23.2 Å². The van der Waals surface area contributed by atoms with E-state index in [1.807, 2.05) is 45.0 Å². The molecule has 230 valence electrons. The molecule has 3 aromatic rings. The van der Waals surface area contributed by atoms with Crippen LogP contribution in [-0.4, -0.2) is 45.2 Å². The van der Waals surface area contributed by atoms with E-state index in [0.29, 0.717) is 0 Å². The Morgan fingerprint density at radius 1 is 1.05 bits per heavy atom. The maximum absolute atomic E-state index is 13.9. The lowest BCUT2D eigenvalue weighted by Crippen LogP contribution is -2.46. The highest BCUT2D eigenvalue weighted by molar-refractivity contribution is 5.94. The van der Waals surface area contributed by atoms with Crippen LogP contribution in [-0.2, 0) is 26.3 Å². The number of ether oxygens (including phenoxy) is 1. The minimum atomic E-state index is -1.89. The molecule has 1 heterocycles. The third-order valence-electron chi connectivity index (χ3n) is 6.68. The van der Waals surface area contributed by atoms with Crippen LogP contribution in [0.5, 0.6) is 5.75 Å². The van der Waals surface area contributed by atoms with Crippen molar-refractivity contribution >= 4 is 17.7 Å². The van der Waals surface area contributed by atoms with Crippen LogP contribution in [0.3, 0.4) is 0 Å². The summed E-state index contributed by atoms with van der Waals surface area (Å²) in [5.74, 6) is -13.5. The molecule has 1 aromatic heterocycles. The molecule has 0 aliphatic carbocycles. The summed E-state index contributed by atoms with van der Waals surface area (Å²) in [6, 6.07) is 7.16. The first kappa shape index (κ1) is 33.0. The highest BCUT2D eigenvalue weighted by atomic mass is 19.2. The minimum Gasteiger partial charge on any atom is -0.481 e. The number of Topliss-reactive ketones (excluding diaryl/α,β-unsaturated/α-hetero) is 1. The molecule has 9 nitrogen and oxygen atoms in total. The maximum Gasteiger partial charge on any atom is 0.305 e. The highest BCUT2D eigenvalue weighted by Gasteiger charge is 2.30. The number of amides is 1. The van der Waals surface area contributed by atoms with E-state index in [1.165, 1.54) is 16.9 Å². The van der Waals surface area contributed by atoms with Gasteiger partial charge in [0.2, 0.25) is 17.5 Å². The molecule has 1 amide bonds. The lowest BCUT2D eigenvalue weighted by molar-refractivity contribution is -0.140. The molecule has 0 bridgehead atoms. The fourth-order valence-electron chi connectivity index (χ4n) is 4.31. The first-order valence-corrected chi connectivity index (χ1v) is 13.3. The van der Waals surface area contributed by atoms with Gasteiger partial charge in [0.25, 0.3) is 5.56 Å². The van der Waals surface area contributed by atoms with Crippen LogP contribution in [0.15, 0.2) is 47.4 Å². The fraction of sp³-hybridized carbons (Fsp3) is 0.367. The molecule has 2 atom stereocenters. The zero-order valence-electron chi connectivity index (χ0n) is 23.9. The average Bonchev–Trinajstić information content (AvgIpc) is 2.93. The van der Waals surface area contributed by atoms with Gasteiger partial charge in [0.05, 0.1) is 18.9 Å². The van der Waals surface area contributed by atoms with Crippen molar-refractivity contribution < 1.29 is 41.8 Å². The minimum absolute atomic E-state index is 0.0409. The van der Waals surface area contributed by atoms with E-state index in [9.17, 15) is 41.8 Å². The van der Waals surface area contributed by atoms with Crippen molar-refractivity contribution in [1.29, 1.82) is 0 Å². The van der Waals surface area contributed by atoms with E-state index in [1.54, 1.807) is 6.92 Å². The van der Waals surface area contributed by atoms with Crippen molar-refractivity contribution in [2.45, 2.75) is 64.5 Å². The predicted molar refractivity (Wildman–Crippen MR) is 147 cm³/mol. The van der Waals surface area contributed by atoms with E-state index >= 15 is 0 Å². The predicted octanol–water partition coefficient (Wildman–Crippen LogP) is 4.25. The quantitative estimate of drug-likeness (QED) is 0.234. The molecule has 0 saturated carbocycles. The zero-order chi connectivity index (χ0) is 32.1. The van der Waals surface area contributed by atoms with E-state index in [-0.39, 0.29) is 30.0 Å². The Kier molecular flexibility index (Phi) is 10.4. The molecule has 0 saturated heterocycles. The molecular formula is C30H31F4N3O6. The van der Waals surface area contributed by atoms with Gasteiger partial charge in [-0.3, -0.25) is 19.2 Å². The van der Waals surface area contributed by atoms with Crippen LogP contribution in [0.2, 0.25) is 0 Å². The summed E-state index contributed by atoms with van der Waals surface area (Å²) >= 11 is 0. The molecule has 0 unspecified atom stereocenters. The molecule has 3 rings (SSSR count). The van der Waals surface area contributed by atoms with E-state index in [4.69, 9.17) is 0 Å². The molecular weight excluding hydrogens is 574 g/mol. The van der Waals surface area contributed by atoms with E-state index in [0.717, 1.165) is 11.1 Å². The number of aliphatic carboxylic acids is 1. The second-order valence-electron chi connectivity index (χ2n) is 10.9. The summed E-state index contributed by atoms with van der Waals surface area (Å²) in [5, 5.41) is 15.6. The number of ketones is 1. The fourth-order valence-corrected chi connectivity index (χ4v) is 4.31. The van der Waals surface area contributed by atoms with Gasteiger partial charge in [0.1, 0.15) is 12.6 Å². The number of hydrogen-bond acceptors (Lipinski definition) is 6. The standard InChI is InChI=1S/C30H31F4N3O6/c1-5-18(19-9-10-35-37(29(19)42)14-16-7-6-8-17(11-16)30(2,3)4)28(41)36-22(13-24(39)40)23(38)15-43-27-25(33)20(31)12-21(32)26(27)34/h6-12,18,22H,5,13-15H2,1-4H3,(H,36,41)(H,39,40)/t18-,22-/m0/s1. The molecule has 43 heavy (non-hydrogen) atoms. The van der Waals surface area contributed by atoms with Crippen molar-refractivity contribution in [3.63, 3.8) is 0 Å². The highest BCUT2D eigenvalue weighted by Crippen LogP contribution is 2.27. The van der Waals surface area contributed by atoms with Gasteiger partial charge in [-0.05, 0) is 29.0 Å². The number of nitrogens with zero attached hydrogens (tertiary/aromatic N) is 2. The van der Waals surface area contributed by atoms with Gasteiger partial charge < -0.3 is 15.2 Å². The number of carbonyl (C=O) groups is 3. The van der Waals surface area contributed by atoms with E-state index in [2.05, 4.69) is 15.2 Å². The molecule has 0 radical (unpaired) electrons. The third kappa shape index (κ3) is 8.05. The Labute approximate surface area is 244 Å². The van der Waals surface area contributed by atoms with Crippen LogP contribution in [0, 0.1) is 23.3 Å². The summed E-state index contributed by atoms with van der Waals surface area (Å²) in [4.78, 5) is 50.7. The van der Waals surface area contributed by atoms with Gasteiger partial charge in [-0.1, -0.05) is 52.0 Å². The zero-order valence-corrected chi connectivity index (χ0v) is 23.9. The molecule has 0 aliphatic rings. The summed E-state index contributed by atoms with van der Waals surface area (Å²) in [5.41, 5.74) is 1.18. The summed E-state index contributed by atoms with van der Waals surface area (Å²) in [6.45, 7) is 6.64. The maximum atomic E-state index is 13.9. The molecule has 0 aliphatic heterocycles. The van der Waals surface area contributed by atoms with Crippen LogP contribution >= 0.6 is 0 Å². The molecule has 0 fully saturated rings. The van der Waals surface area contributed by atoms with Gasteiger partial charge in [-0.2, -0.15) is 13.9 Å². The Hall–Kier alpha value is -4.55. The average molecular weight is 606 g/mol. The molecule has 2 N–H and O–H groups in total. The van der Waals surface area contributed by atoms with Crippen molar-refractivity contribution in [2.24, 2.45) is 0 Å². The number of benzene rings is 2. The van der Waals surface area contributed by atoms with Gasteiger partial charge in [-0.15, -0.1) is 0 Å². The second kappa shape index (κ2) is 13.6. The number of aromatic nitrogens is 2. The largest absolute Gasteiger partial charge is 0.481 e. The first-order chi connectivity index (χ1) is 20.1. The lowest BCUT2D eigenvalue weighted by Gasteiger charge is -2.21. The van der Waals surface area contributed by atoms with E-state index < -0.39 is 77.2 Å². The van der Waals surface area contributed by atoms with Crippen LogP contribution in [0.25, 0.3) is 0 Å². The number of carbonyl (C=O) groups excluding carboxylic acids is 2. The Balaban J connectivity index is 1.82. The molecule has 2 aromatic carbocycles. The number of halogens is 4. The number of nitrogens with one attached hydrogen (secondary N) is 1. The van der Waals surface area contributed by atoms with Crippen LogP contribution in [0.1, 0.15) is 63.1 Å². The smallest absolute Gasteiger partial charge is 0.305 e. The second-order valence-corrected chi connectivity index (χ2v) is 10.9. The first-order valence-electron chi connectivity index (χ1n) is 13.3. The Bertz CT molecular complexity index is 1560. The van der Waals surface area contributed by atoms with Crippen LogP contribution in [0.4, 0.5) is 17.6 Å². The summed E-state index contributed by atoms with van der Waals surface area (Å²) < 4.78 is 60.6. The van der Waals surface area contributed by atoms with Crippen molar-refractivity contribution in [2.75, 3.05) is 6.61 Å². The lowest BCUT2D eigenvalue weighted by atomic mass is 9.86. The van der Waals surface area contributed by atoms with Gasteiger partial charge >= 0.3 is 5.97 Å². The normalized spacial score (nSPS) is 12.8. The molecule has 13 heteroatoms. The number of carboxylic acid groups (broad SMARTS) is 1. The third-order valence-corrected chi connectivity index (χ3v) is 6.68. The SMILES string of the molecule is CC[C@H](C(=O)N[C@@H](CC(=O)O)C(=O)COc1c(F)c(F)cc(F)c1F)c1ccnn(Cc2cccc(C(C)(C)C)c2)c1=O. The van der Waals surface area contributed by atoms with Crippen molar-refractivity contribution in [3.8, 4) is 5.75 Å².